The summed E-state index contributed by atoms with van der Waals surface area (Å²) < 4.78 is 6.74. The quantitative estimate of drug-likeness (QED) is 0.883. The molecule has 1 amide bonds. The molecule has 0 aliphatic heterocycles. The third-order valence-corrected chi connectivity index (χ3v) is 3.41. The van der Waals surface area contributed by atoms with Crippen molar-refractivity contribution >= 4 is 29.3 Å². The molecule has 0 atom stereocenters. The molecule has 2 aromatic rings. The molecular weight excluding hydrogens is 290 g/mol. The summed E-state index contributed by atoms with van der Waals surface area (Å²) in [7, 11) is 3.31. The fraction of sp³-hybridized carbons (Fsp3) is 0.200. The second kappa shape index (κ2) is 6.45. The van der Waals surface area contributed by atoms with Gasteiger partial charge in [-0.1, -0.05) is 23.7 Å². The number of ether oxygens (including phenoxy) is 1. The van der Waals surface area contributed by atoms with E-state index >= 15 is 0 Å². The van der Waals surface area contributed by atoms with E-state index in [0.29, 0.717) is 16.6 Å². The number of benzene rings is 1. The van der Waals surface area contributed by atoms with Gasteiger partial charge in [-0.05, 0) is 25.1 Å². The van der Waals surface area contributed by atoms with E-state index in [1.807, 2.05) is 19.1 Å². The number of aryl methyl sites for hydroxylation is 2. The van der Waals surface area contributed by atoms with Crippen molar-refractivity contribution in [2.75, 3.05) is 12.4 Å². The largest absolute Gasteiger partial charge is 0.495 e. The molecule has 0 bridgehead atoms. The number of carbonyl (C=O) groups is 1. The standard InChI is InChI=1S/C15H16ClN3O2/c1-10-11(15(16)19(2)18-10)8-9-14(20)17-12-6-4-5-7-13(12)21-3/h4-9H,1-3H3,(H,17,20)/b9-8+. The molecule has 0 spiro atoms. The molecule has 1 heterocycles. The second-order valence-corrected chi connectivity index (χ2v) is 4.79. The van der Waals surface area contributed by atoms with Crippen LogP contribution in [0, 0.1) is 6.92 Å². The Hall–Kier alpha value is -2.27. The molecule has 0 unspecified atom stereocenters. The van der Waals surface area contributed by atoms with E-state index in [1.165, 1.54) is 6.08 Å². The summed E-state index contributed by atoms with van der Waals surface area (Å²) in [6, 6.07) is 7.21. The molecule has 0 aliphatic rings. The molecule has 110 valence electrons. The van der Waals surface area contributed by atoms with Crippen LogP contribution in [0.2, 0.25) is 5.15 Å². The van der Waals surface area contributed by atoms with Crippen LogP contribution in [0.5, 0.6) is 5.75 Å². The van der Waals surface area contributed by atoms with Gasteiger partial charge in [-0.2, -0.15) is 5.10 Å². The molecule has 6 heteroatoms. The normalized spacial score (nSPS) is 10.9. The first-order valence-corrected chi connectivity index (χ1v) is 6.72. The molecule has 1 aromatic carbocycles. The Kier molecular flexibility index (Phi) is 4.65. The van der Waals surface area contributed by atoms with Gasteiger partial charge in [-0.3, -0.25) is 9.48 Å². The van der Waals surface area contributed by atoms with Crippen molar-refractivity contribution in [3.63, 3.8) is 0 Å². The van der Waals surface area contributed by atoms with Gasteiger partial charge in [0.25, 0.3) is 0 Å². The van der Waals surface area contributed by atoms with E-state index in [-0.39, 0.29) is 5.91 Å². The highest BCUT2D eigenvalue weighted by atomic mass is 35.5. The van der Waals surface area contributed by atoms with E-state index < -0.39 is 0 Å². The number of nitrogens with zero attached hydrogens (tertiary/aromatic N) is 2. The first-order chi connectivity index (χ1) is 10.0. The van der Waals surface area contributed by atoms with Crippen molar-refractivity contribution in [2.24, 2.45) is 7.05 Å². The van der Waals surface area contributed by atoms with E-state index in [9.17, 15) is 4.79 Å². The minimum atomic E-state index is -0.265. The minimum absolute atomic E-state index is 0.265. The highest BCUT2D eigenvalue weighted by molar-refractivity contribution is 6.31. The molecular formula is C15H16ClN3O2. The predicted molar refractivity (Wildman–Crippen MR) is 83.6 cm³/mol. The highest BCUT2D eigenvalue weighted by Crippen LogP contribution is 2.23. The summed E-state index contributed by atoms with van der Waals surface area (Å²) in [4.78, 5) is 12.0. The van der Waals surface area contributed by atoms with E-state index in [2.05, 4.69) is 10.4 Å². The van der Waals surface area contributed by atoms with Crippen LogP contribution >= 0.6 is 11.6 Å². The Morgan fingerprint density at radius 3 is 2.76 bits per heavy atom. The summed E-state index contributed by atoms with van der Waals surface area (Å²) in [5.41, 5.74) is 2.11. The van der Waals surface area contributed by atoms with E-state index in [4.69, 9.17) is 16.3 Å². The zero-order valence-corrected chi connectivity index (χ0v) is 12.8. The summed E-state index contributed by atoms with van der Waals surface area (Å²) in [6.07, 6.45) is 3.07. The number of carbonyl (C=O) groups excluding carboxylic acids is 1. The maximum atomic E-state index is 12.0. The lowest BCUT2D eigenvalue weighted by Gasteiger charge is -2.07. The lowest BCUT2D eigenvalue weighted by atomic mass is 10.2. The maximum Gasteiger partial charge on any atom is 0.248 e. The average molecular weight is 306 g/mol. The van der Waals surface area contributed by atoms with Crippen LogP contribution in [0.3, 0.4) is 0 Å². The van der Waals surface area contributed by atoms with Crippen molar-refractivity contribution in [3.05, 3.63) is 46.8 Å². The van der Waals surface area contributed by atoms with Gasteiger partial charge in [0.05, 0.1) is 18.5 Å². The number of anilines is 1. The molecule has 0 saturated heterocycles. The Morgan fingerprint density at radius 1 is 1.43 bits per heavy atom. The third kappa shape index (κ3) is 3.44. The van der Waals surface area contributed by atoms with Gasteiger partial charge >= 0.3 is 0 Å². The molecule has 0 fully saturated rings. The fourth-order valence-electron chi connectivity index (χ4n) is 1.92. The first-order valence-electron chi connectivity index (χ1n) is 6.34. The lowest BCUT2D eigenvalue weighted by Crippen LogP contribution is -2.08. The van der Waals surface area contributed by atoms with Gasteiger partial charge in [-0.15, -0.1) is 0 Å². The van der Waals surface area contributed by atoms with Crippen LogP contribution in [0.1, 0.15) is 11.3 Å². The number of methoxy groups -OCH3 is 1. The topological polar surface area (TPSA) is 56.1 Å². The smallest absolute Gasteiger partial charge is 0.248 e. The van der Waals surface area contributed by atoms with Gasteiger partial charge in [-0.25, -0.2) is 0 Å². The first kappa shape index (κ1) is 15.1. The van der Waals surface area contributed by atoms with E-state index in [0.717, 1.165) is 11.3 Å². The number of rotatable bonds is 4. The number of hydrogen-bond donors (Lipinski definition) is 1. The molecule has 0 radical (unpaired) electrons. The van der Waals surface area contributed by atoms with Gasteiger partial charge < -0.3 is 10.1 Å². The Labute approximate surface area is 128 Å². The monoisotopic (exact) mass is 305 g/mol. The van der Waals surface area contributed by atoms with Crippen molar-refractivity contribution in [3.8, 4) is 5.75 Å². The molecule has 21 heavy (non-hydrogen) atoms. The summed E-state index contributed by atoms with van der Waals surface area (Å²) in [6.45, 7) is 1.84. The highest BCUT2D eigenvalue weighted by Gasteiger charge is 2.09. The van der Waals surface area contributed by atoms with Crippen LogP contribution in [-0.4, -0.2) is 22.8 Å². The Bertz CT molecular complexity index is 692. The predicted octanol–water partition coefficient (Wildman–Crippen LogP) is 3.04. The van der Waals surface area contributed by atoms with Crippen molar-refractivity contribution in [2.45, 2.75) is 6.92 Å². The summed E-state index contributed by atoms with van der Waals surface area (Å²) in [5, 5.41) is 7.43. The molecule has 5 nitrogen and oxygen atoms in total. The molecule has 1 N–H and O–H groups in total. The summed E-state index contributed by atoms with van der Waals surface area (Å²) in [5.74, 6) is 0.341. The number of nitrogens with one attached hydrogen (secondary N) is 1. The number of amides is 1. The SMILES string of the molecule is COc1ccccc1NC(=O)/C=C/c1c(C)nn(C)c1Cl. The van der Waals surface area contributed by atoms with Gasteiger partial charge in [0.15, 0.2) is 0 Å². The van der Waals surface area contributed by atoms with Gasteiger partial charge in [0.2, 0.25) is 5.91 Å². The minimum Gasteiger partial charge on any atom is -0.495 e. The zero-order valence-electron chi connectivity index (χ0n) is 12.1. The number of halogens is 1. The van der Waals surface area contributed by atoms with Crippen LogP contribution in [0.4, 0.5) is 5.69 Å². The van der Waals surface area contributed by atoms with Crippen molar-refractivity contribution in [1.82, 2.24) is 9.78 Å². The maximum absolute atomic E-state index is 12.0. The number of para-hydroxylation sites is 2. The van der Waals surface area contributed by atoms with Crippen molar-refractivity contribution in [1.29, 1.82) is 0 Å². The molecule has 0 aliphatic carbocycles. The average Bonchev–Trinajstić information content (AvgIpc) is 2.71. The van der Waals surface area contributed by atoms with Crippen LogP contribution in [-0.2, 0) is 11.8 Å². The van der Waals surface area contributed by atoms with Crippen LogP contribution in [0.25, 0.3) is 6.08 Å². The fourth-order valence-corrected chi connectivity index (χ4v) is 2.15. The molecule has 2 rings (SSSR count). The lowest BCUT2D eigenvalue weighted by molar-refractivity contribution is -0.111. The zero-order chi connectivity index (χ0) is 15.4. The molecule has 1 aromatic heterocycles. The summed E-state index contributed by atoms with van der Waals surface area (Å²) >= 11 is 6.10. The Morgan fingerprint density at radius 2 is 2.14 bits per heavy atom. The van der Waals surface area contributed by atoms with Crippen LogP contribution < -0.4 is 10.1 Å². The van der Waals surface area contributed by atoms with Crippen LogP contribution in [0.15, 0.2) is 30.3 Å². The number of aromatic nitrogens is 2. The third-order valence-electron chi connectivity index (χ3n) is 2.96. The number of hydrogen-bond acceptors (Lipinski definition) is 3. The molecule has 0 saturated carbocycles. The van der Waals surface area contributed by atoms with E-state index in [1.54, 1.807) is 37.0 Å². The Balaban J connectivity index is 2.13. The second-order valence-electron chi connectivity index (χ2n) is 4.44. The van der Waals surface area contributed by atoms with Crippen molar-refractivity contribution < 1.29 is 9.53 Å². The van der Waals surface area contributed by atoms with Gasteiger partial charge in [0.1, 0.15) is 10.9 Å². The van der Waals surface area contributed by atoms with Gasteiger partial charge in [0, 0.05) is 18.7 Å².